The predicted molar refractivity (Wildman–Crippen MR) is 139 cm³/mol. The molecular formula is C22H33IN4O4S. The standard InChI is InChI=1S/C22H32N4O4S.HI/c1-6-23-22(24-15-17(2)30-20-9-7-8-19(14-20)29-5)25-16-18-10-12-21(13-11-18)31(27,28)26(3)4;/h7-14,17H,6,15-16H2,1-5H3,(H2,23,24,25);1H. The van der Waals surface area contributed by atoms with Gasteiger partial charge in [-0.1, -0.05) is 18.2 Å². The van der Waals surface area contributed by atoms with Gasteiger partial charge in [0, 0.05) is 26.7 Å². The molecule has 0 heterocycles. The first-order chi connectivity index (χ1) is 14.8. The van der Waals surface area contributed by atoms with Crippen LogP contribution in [0.1, 0.15) is 19.4 Å². The summed E-state index contributed by atoms with van der Waals surface area (Å²) >= 11 is 0. The van der Waals surface area contributed by atoms with Gasteiger partial charge >= 0.3 is 0 Å². The lowest BCUT2D eigenvalue weighted by Crippen LogP contribution is -2.41. The lowest BCUT2D eigenvalue weighted by Gasteiger charge is -2.18. The zero-order chi connectivity index (χ0) is 22.9. The summed E-state index contributed by atoms with van der Waals surface area (Å²) in [5.74, 6) is 2.15. The number of nitrogens with one attached hydrogen (secondary N) is 2. The van der Waals surface area contributed by atoms with Crippen molar-refractivity contribution in [1.82, 2.24) is 14.9 Å². The molecule has 1 unspecified atom stereocenters. The van der Waals surface area contributed by atoms with Crippen LogP contribution in [-0.4, -0.2) is 59.1 Å². The Morgan fingerprint density at radius 1 is 1.09 bits per heavy atom. The molecule has 1 atom stereocenters. The van der Waals surface area contributed by atoms with E-state index in [1.807, 2.05) is 38.1 Å². The fourth-order valence-electron chi connectivity index (χ4n) is 2.68. The summed E-state index contributed by atoms with van der Waals surface area (Å²) < 4.78 is 36.7. The lowest BCUT2D eigenvalue weighted by atomic mass is 10.2. The quantitative estimate of drug-likeness (QED) is 0.257. The fraction of sp³-hybridized carbons (Fsp3) is 0.409. The molecule has 2 aromatic rings. The van der Waals surface area contributed by atoms with Crippen LogP contribution in [0.3, 0.4) is 0 Å². The number of rotatable bonds is 10. The minimum Gasteiger partial charge on any atom is -0.497 e. The predicted octanol–water partition coefficient (Wildman–Crippen LogP) is 3.09. The maximum Gasteiger partial charge on any atom is 0.242 e. The van der Waals surface area contributed by atoms with Crippen molar-refractivity contribution in [3.8, 4) is 11.5 Å². The molecule has 8 nitrogen and oxygen atoms in total. The molecule has 2 N–H and O–H groups in total. The van der Waals surface area contributed by atoms with E-state index in [-0.39, 0.29) is 35.0 Å². The van der Waals surface area contributed by atoms with Gasteiger partial charge in [-0.15, -0.1) is 24.0 Å². The zero-order valence-electron chi connectivity index (χ0n) is 19.2. The highest BCUT2D eigenvalue weighted by molar-refractivity contribution is 14.0. The van der Waals surface area contributed by atoms with Gasteiger partial charge in [0.2, 0.25) is 10.0 Å². The third-order valence-corrected chi connectivity index (χ3v) is 6.23. The molecule has 0 spiro atoms. The van der Waals surface area contributed by atoms with E-state index in [4.69, 9.17) is 9.47 Å². The molecule has 0 radical (unpaired) electrons. The maximum absolute atomic E-state index is 12.2. The van der Waals surface area contributed by atoms with Gasteiger partial charge in [0.05, 0.1) is 25.1 Å². The summed E-state index contributed by atoms with van der Waals surface area (Å²) in [5, 5.41) is 6.47. The number of aliphatic imine (C=N–C) groups is 1. The van der Waals surface area contributed by atoms with Crippen LogP contribution < -0.4 is 20.1 Å². The van der Waals surface area contributed by atoms with E-state index in [0.29, 0.717) is 19.0 Å². The van der Waals surface area contributed by atoms with Crippen molar-refractivity contribution < 1.29 is 17.9 Å². The van der Waals surface area contributed by atoms with Crippen molar-refractivity contribution in [2.75, 3.05) is 34.3 Å². The molecular weight excluding hydrogens is 543 g/mol. The molecule has 0 bridgehead atoms. The molecule has 0 saturated heterocycles. The smallest absolute Gasteiger partial charge is 0.242 e. The van der Waals surface area contributed by atoms with Crippen LogP contribution in [0.5, 0.6) is 11.5 Å². The molecule has 32 heavy (non-hydrogen) atoms. The molecule has 0 aromatic heterocycles. The molecule has 0 saturated carbocycles. The second kappa shape index (κ2) is 13.5. The molecule has 0 aliphatic rings. The van der Waals surface area contributed by atoms with Crippen molar-refractivity contribution in [2.45, 2.75) is 31.4 Å². The van der Waals surface area contributed by atoms with Gasteiger partial charge in [-0.25, -0.2) is 17.7 Å². The Balaban J connectivity index is 0.00000512. The van der Waals surface area contributed by atoms with Gasteiger partial charge in [0.25, 0.3) is 0 Å². The normalized spacial score (nSPS) is 12.6. The second-order valence-corrected chi connectivity index (χ2v) is 9.27. The fourth-order valence-corrected chi connectivity index (χ4v) is 3.58. The van der Waals surface area contributed by atoms with Crippen LogP contribution in [0.4, 0.5) is 0 Å². The number of nitrogens with zero attached hydrogens (tertiary/aromatic N) is 2. The van der Waals surface area contributed by atoms with Crippen molar-refractivity contribution in [2.24, 2.45) is 4.99 Å². The first-order valence-corrected chi connectivity index (χ1v) is 11.5. The lowest BCUT2D eigenvalue weighted by molar-refractivity contribution is 0.223. The molecule has 0 aliphatic heterocycles. The summed E-state index contributed by atoms with van der Waals surface area (Å²) in [6.07, 6.45) is -0.0912. The Hall–Kier alpha value is -2.05. The Morgan fingerprint density at radius 2 is 1.75 bits per heavy atom. The van der Waals surface area contributed by atoms with Crippen molar-refractivity contribution in [3.05, 3.63) is 54.1 Å². The van der Waals surface area contributed by atoms with E-state index in [1.165, 1.54) is 18.4 Å². The van der Waals surface area contributed by atoms with E-state index in [1.54, 1.807) is 31.4 Å². The average Bonchev–Trinajstić information content (AvgIpc) is 2.76. The molecule has 178 valence electrons. The minimum atomic E-state index is -3.43. The topological polar surface area (TPSA) is 92.3 Å². The third kappa shape index (κ3) is 8.47. The highest BCUT2D eigenvalue weighted by Gasteiger charge is 2.16. The number of hydrogen-bond acceptors (Lipinski definition) is 5. The maximum atomic E-state index is 12.2. The molecule has 10 heteroatoms. The summed E-state index contributed by atoms with van der Waals surface area (Å²) in [6.45, 7) is 5.66. The van der Waals surface area contributed by atoms with E-state index < -0.39 is 10.0 Å². The van der Waals surface area contributed by atoms with Gasteiger partial charge < -0.3 is 20.1 Å². The number of benzene rings is 2. The van der Waals surface area contributed by atoms with Crippen molar-refractivity contribution in [3.63, 3.8) is 0 Å². The van der Waals surface area contributed by atoms with E-state index in [2.05, 4.69) is 15.6 Å². The van der Waals surface area contributed by atoms with Gasteiger partial charge in [-0.2, -0.15) is 0 Å². The number of ether oxygens (including phenoxy) is 2. The third-order valence-electron chi connectivity index (χ3n) is 4.40. The minimum absolute atomic E-state index is 0. The van der Waals surface area contributed by atoms with E-state index >= 15 is 0 Å². The van der Waals surface area contributed by atoms with Gasteiger partial charge in [-0.3, -0.25) is 0 Å². The van der Waals surface area contributed by atoms with E-state index in [0.717, 1.165) is 23.6 Å². The SMILES string of the molecule is CCNC(=NCc1ccc(S(=O)(=O)N(C)C)cc1)NCC(C)Oc1cccc(OC)c1.I. The molecule has 0 fully saturated rings. The first kappa shape index (κ1) is 28.0. The second-order valence-electron chi connectivity index (χ2n) is 7.11. The van der Waals surface area contributed by atoms with Crippen LogP contribution >= 0.6 is 24.0 Å². The summed E-state index contributed by atoms with van der Waals surface area (Å²) in [7, 11) is 1.22. The zero-order valence-corrected chi connectivity index (χ0v) is 22.3. The Bertz CT molecular complexity index is 966. The van der Waals surface area contributed by atoms with Crippen LogP contribution in [-0.2, 0) is 16.6 Å². The Morgan fingerprint density at radius 3 is 2.34 bits per heavy atom. The molecule has 2 rings (SSSR count). The molecule has 0 amide bonds. The largest absolute Gasteiger partial charge is 0.497 e. The number of guanidine groups is 1. The summed E-state index contributed by atoms with van der Waals surface area (Å²) in [5.41, 5.74) is 0.913. The van der Waals surface area contributed by atoms with Crippen LogP contribution in [0.25, 0.3) is 0 Å². The summed E-state index contributed by atoms with van der Waals surface area (Å²) in [4.78, 5) is 4.84. The Labute approximate surface area is 208 Å². The number of sulfonamides is 1. The van der Waals surface area contributed by atoms with Crippen LogP contribution in [0, 0.1) is 0 Å². The highest BCUT2D eigenvalue weighted by atomic mass is 127. The van der Waals surface area contributed by atoms with Crippen LogP contribution in [0.15, 0.2) is 58.4 Å². The average molecular weight is 577 g/mol. The van der Waals surface area contributed by atoms with Gasteiger partial charge in [0.1, 0.15) is 17.6 Å². The van der Waals surface area contributed by atoms with Crippen molar-refractivity contribution in [1.29, 1.82) is 0 Å². The summed E-state index contributed by atoms with van der Waals surface area (Å²) in [6, 6.07) is 14.2. The van der Waals surface area contributed by atoms with Crippen molar-refractivity contribution >= 4 is 40.0 Å². The molecule has 2 aromatic carbocycles. The van der Waals surface area contributed by atoms with Gasteiger partial charge in [-0.05, 0) is 43.7 Å². The van der Waals surface area contributed by atoms with E-state index in [9.17, 15) is 8.42 Å². The number of halogens is 1. The number of methoxy groups -OCH3 is 1. The number of hydrogen-bond donors (Lipinski definition) is 2. The Kier molecular flexibility index (Phi) is 11.8. The molecule has 0 aliphatic carbocycles. The van der Waals surface area contributed by atoms with Crippen LogP contribution in [0.2, 0.25) is 0 Å². The van der Waals surface area contributed by atoms with Gasteiger partial charge in [0.15, 0.2) is 5.96 Å². The first-order valence-electron chi connectivity index (χ1n) is 10.1. The highest BCUT2D eigenvalue weighted by Crippen LogP contribution is 2.19. The monoisotopic (exact) mass is 576 g/mol.